The van der Waals surface area contributed by atoms with Gasteiger partial charge in [0.1, 0.15) is 9.05 Å². The Labute approximate surface area is 60.1 Å². The first-order valence-electron chi connectivity index (χ1n) is 2.34. The molecule has 0 aromatic heterocycles. The zero-order valence-corrected chi connectivity index (χ0v) is 7.45. The van der Waals surface area contributed by atoms with Crippen LogP contribution in [-0.4, -0.2) is 25.0 Å². The van der Waals surface area contributed by atoms with Crippen LogP contribution in [0.3, 0.4) is 0 Å². The fourth-order valence-corrected chi connectivity index (χ4v) is 2.42. The second-order valence-corrected chi connectivity index (χ2v) is 5.62. The van der Waals surface area contributed by atoms with Gasteiger partial charge in [0.2, 0.25) is 0 Å². The smallest absolute Gasteiger partial charge is 0.131 e. The molecule has 0 atom stereocenters. The Bertz CT molecular complexity index is 107. The summed E-state index contributed by atoms with van der Waals surface area (Å²) in [6.45, 7) is 0.670. The summed E-state index contributed by atoms with van der Waals surface area (Å²) in [6.07, 6.45) is 0. The van der Waals surface area contributed by atoms with Crippen LogP contribution in [-0.2, 0) is 8.54 Å². The first-order chi connectivity index (χ1) is 4.27. The van der Waals surface area contributed by atoms with Crippen molar-refractivity contribution in [1.82, 2.24) is 0 Å². The molecule has 0 bridgehead atoms. The van der Waals surface area contributed by atoms with Gasteiger partial charge in [-0.1, -0.05) is 6.55 Å². The van der Waals surface area contributed by atoms with Crippen molar-refractivity contribution in [2.45, 2.75) is 6.55 Å². The van der Waals surface area contributed by atoms with Crippen LogP contribution in [0.1, 0.15) is 0 Å². The van der Waals surface area contributed by atoms with Gasteiger partial charge in [-0.3, -0.25) is 0 Å². The van der Waals surface area contributed by atoms with E-state index in [-0.39, 0.29) is 0 Å². The van der Waals surface area contributed by atoms with Gasteiger partial charge in [0, 0.05) is 7.11 Å². The molecule has 0 unspecified atom stereocenters. The van der Waals surface area contributed by atoms with E-state index < -0.39 is 17.9 Å². The molecule has 0 aliphatic rings. The molecule has 6 nitrogen and oxygen atoms in total. The molecule has 10 heavy (non-hydrogen) atoms. The zero-order valence-electron chi connectivity index (χ0n) is 5.45. The Morgan fingerprint density at radius 3 is 1.60 bits per heavy atom. The third-order valence-corrected chi connectivity index (χ3v) is 3.54. The maximum atomic E-state index is 10.3. The van der Waals surface area contributed by atoms with E-state index in [1.807, 2.05) is 0 Å². The van der Waals surface area contributed by atoms with Crippen molar-refractivity contribution >= 4 is 17.9 Å². The lowest BCUT2D eigenvalue weighted by molar-refractivity contribution is -0.460. The Morgan fingerprint density at radius 1 is 1.10 bits per heavy atom. The number of hydrogen-bond acceptors (Lipinski definition) is 6. The standard InChI is InChI=1S/C2H6O6Si2/c1-7-10(5,6)8-9(2,3)4/h1-2H3/q-4. The summed E-state index contributed by atoms with van der Waals surface area (Å²) in [5.41, 5.74) is 0. The molecular weight excluding hydrogens is 176 g/mol. The van der Waals surface area contributed by atoms with Crippen LogP contribution in [0.5, 0.6) is 0 Å². The highest BCUT2D eigenvalue weighted by Crippen LogP contribution is 1.91. The summed E-state index contributed by atoms with van der Waals surface area (Å²) < 4.78 is 7.36. The zero-order chi connectivity index (χ0) is 8.41. The van der Waals surface area contributed by atoms with Crippen molar-refractivity contribution in [2.24, 2.45) is 0 Å². The molecule has 0 fully saturated rings. The van der Waals surface area contributed by atoms with Gasteiger partial charge >= 0.3 is 0 Å². The van der Waals surface area contributed by atoms with Gasteiger partial charge < -0.3 is 27.7 Å². The van der Waals surface area contributed by atoms with Crippen LogP contribution in [0.4, 0.5) is 0 Å². The molecular formula is C2H6O6Si2-4. The summed E-state index contributed by atoms with van der Waals surface area (Å²) in [5.74, 6) is 0. The molecule has 0 saturated carbocycles. The molecule has 8 heteroatoms. The molecule has 0 aliphatic carbocycles. The molecule has 0 radical (unpaired) electrons. The van der Waals surface area contributed by atoms with E-state index in [4.69, 9.17) is 0 Å². The van der Waals surface area contributed by atoms with Gasteiger partial charge in [-0.25, -0.2) is 0 Å². The molecule has 0 aliphatic heterocycles. The van der Waals surface area contributed by atoms with Gasteiger partial charge in [0.05, 0.1) is 0 Å². The Morgan fingerprint density at radius 2 is 1.50 bits per heavy atom. The average Bonchev–Trinajstić information content (AvgIpc) is 1.60. The SMILES string of the molecule is CO[Si]([O-])([O-])O[Si](C)([O-])[O-]. The Balaban J connectivity index is 3.89. The van der Waals surface area contributed by atoms with Gasteiger partial charge in [-0.15, -0.1) is 0 Å². The number of rotatable bonds is 3. The molecule has 0 aromatic rings. The molecule has 0 aromatic carbocycles. The third kappa shape index (κ3) is 5.02. The lowest BCUT2D eigenvalue weighted by Gasteiger charge is -2.56. The highest BCUT2D eigenvalue weighted by atomic mass is 28.5. The van der Waals surface area contributed by atoms with Gasteiger partial charge in [0.15, 0.2) is 0 Å². The van der Waals surface area contributed by atoms with Crippen molar-refractivity contribution in [3.05, 3.63) is 0 Å². The molecule has 0 amide bonds. The summed E-state index contributed by atoms with van der Waals surface area (Å²) >= 11 is 0. The minimum Gasteiger partial charge on any atom is -0.850 e. The minimum atomic E-state index is -4.88. The van der Waals surface area contributed by atoms with E-state index in [1.54, 1.807) is 0 Å². The van der Waals surface area contributed by atoms with Crippen LogP contribution >= 0.6 is 0 Å². The molecule has 0 heterocycles. The van der Waals surface area contributed by atoms with E-state index in [2.05, 4.69) is 8.54 Å². The van der Waals surface area contributed by atoms with Crippen LogP contribution in [0, 0.1) is 0 Å². The highest BCUT2D eigenvalue weighted by molar-refractivity contribution is 6.64. The Hall–Kier alpha value is 0.194. The second kappa shape index (κ2) is 3.06. The normalized spacial score (nSPS) is 13.8. The molecule has 62 valence electrons. The maximum Gasteiger partial charge on any atom is 0.131 e. The predicted octanol–water partition coefficient (Wildman–Crippen LogP) is -4.91. The highest BCUT2D eigenvalue weighted by Gasteiger charge is 2.05. The van der Waals surface area contributed by atoms with Gasteiger partial charge in [-0.2, -0.15) is 0 Å². The second-order valence-electron chi connectivity index (χ2n) is 1.67. The van der Waals surface area contributed by atoms with E-state index >= 15 is 0 Å². The fraction of sp³-hybridized carbons (Fsp3) is 1.00. The van der Waals surface area contributed by atoms with Crippen LogP contribution in [0.15, 0.2) is 0 Å². The first kappa shape index (κ1) is 10.2. The summed E-state index contributed by atoms with van der Waals surface area (Å²) in [5, 5.41) is 0. The largest absolute Gasteiger partial charge is 0.850 e. The lowest BCUT2D eigenvalue weighted by atomic mass is 11.8. The van der Waals surface area contributed by atoms with Gasteiger partial charge in [-0.05, 0) is 8.80 Å². The number of hydrogen-bond donors (Lipinski definition) is 0. The molecule has 0 N–H and O–H groups in total. The fourth-order valence-electron chi connectivity index (χ4n) is 0.269. The summed E-state index contributed by atoms with van der Waals surface area (Å²) in [6, 6.07) is 0. The van der Waals surface area contributed by atoms with E-state index in [0.29, 0.717) is 6.55 Å². The summed E-state index contributed by atoms with van der Waals surface area (Å²) in [7, 11) is -8.55. The van der Waals surface area contributed by atoms with E-state index in [1.165, 1.54) is 0 Å². The third-order valence-electron chi connectivity index (χ3n) is 0.560. The lowest BCUT2D eigenvalue weighted by Crippen LogP contribution is -2.77. The van der Waals surface area contributed by atoms with Gasteiger partial charge in [0.25, 0.3) is 0 Å². The molecule has 0 saturated heterocycles. The first-order valence-corrected chi connectivity index (χ1v) is 6.19. The quantitative estimate of drug-likeness (QED) is 0.404. The minimum absolute atomic E-state index is 0.670. The van der Waals surface area contributed by atoms with E-state index in [9.17, 15) is 19.2 Å². The van der Waals surface area contributed by atoms with Crippen molar-refractivity contribution in [2.75, 3.05) is 7.11 Å². The van der Waals surface area contributed by atoms with Crippen molar-refractivity contribution in [3.63, 3.8) is 0 Å². The van der Waals surface area contributed by atoms with E-state index in [0.717, 1.165) is 7.11 Å². The van der Waals surface area contributed by atoms with Crippen LogP contribution in [0.25, 0.3) is 0 Å². The molecule has 0 rings (SSSR count). The Kier molecular flexibility index (Phi) is 3.12. The maximum absolute atomic E-state index is 10.3. The predicted molar refractivity (Wildman–Crippen MR) is 25.5 cm³/mol. The topological polar surface area (TPSA) is 111 Å². The summed E-state index contributed by atoms with van der Waals surface area (Å²) in [4.78, 5) is 40.9. The average molecular weight is 182 g/mol. The molecule has 0 spiro atoms. The monoisotopic (exact) mass is 182 g/mol. The van der Waals surface area contributed by atoms with Crippen molar-refractivity contribution in [1.29, 1.82) is 0 Å². The van der Waals surface area contributed by atoms with Crippen LogP contribution < -0.4 is 19.2 Å². The van der Waals surface area contributed by atoms with Crippen molar-refractivity contribution in [3.8, 4) is 0 Å². The van der Waals surface area contributed by atoms with Crippen molar-refractivity contribution < 1.29 is 27.7 Å². The van der Waals surface area contributed by atoms with Crippen LogP contribution in [0.2, 0.25) is 6.55 Å².